The van der Waals surface area contributed by atoms with E-state index in [1.54, 1.807) is 56.1 Å². The lowest BCUT2D eigenvalue weighted by Crippen LogP contribution is -2.53. The third-order valence-corrected chi connectivity index (χ3v) is 12.5. The van der Waals surface area contributed by atoms with Gasteiger partial charge in [-0.1, -0.05) is 51.5 Å². The van der Waals surface area contributed by atoms with Gasteiger partial charge in [0.05, 0.1) is 36.4 Å². The Balaban J connectivity index is 1.33. The molecule has 0 bridgehead atoms. The Morgan fingerprint density at radius 3 is 2.39 bits per heavy atom. The minimum absolute atomic E-state index is 0.0468. The Morgan fingerprint density at radius 2 is 1.73 bits per heavy atom. The summed E-state index contributed by atoms with van der Waals surface area (Å²) in [6, 6.07) is 0. The van der Waals surface area contributed by atoms with Gasteiger partial charge in [-0.15, -0.1) is 0 Å². The molecular formula is C47H72N4O13. The van der Waals surface area contributed by atoms with Crippen molar-refractivity contribution in [1.29, 1.82) is 0 Å². The van der Waals surface area contributed by atoms with Gasteiger partial charge in [0.1, 0.15) is 11.7 Å². The molecular weight excluding hydrogens is 829 g/mol. The Morgan fingerprint density at radius 1 is 1.05 bits per heavy atom. The second kappa shape index (κ2) is 24.2. The monoisotopic (exact) mass is 901 g/mol. The summed E-state index contributed by atoms with van der Waals surface area (Å²) in [6.07, 6.45) is 9.72. The number of amides is 4. The summed E-state index contributed by atoms with van der Waals surface area (Å²) in [5, 5.41) is 35.2. The van der Waals surface area contributed by atoms with Crippen LogP contribution in [0.1, 0.15) is 106 Å². The second-order valence-corrected chi connectivity index (χ2v) is 18.2. The van der Waals surface area contributed by atoms with Crippen LogP contribution in [0.15, 0.2) is 48.1 Å². The van der Waals surface area contributed by atoms with Crippen molar-refractivity contribution in [3.05, 3.63) is 48.1 Å². The number of rotatable bonds is 19. The molecule has 4 N–H and O–H groups in total. The van der Waals surface area contributed by atoms with Crippen LogP contribution >= 0.6 is 0 Å². The van der Waals surface area contributed by atoms with Crippen LogP contribution in [-0.2, 0) is 42.9 Å². The number of cyclic esters (lactones) is 1. The van der Waals surface area contributed by atoms with Gasteiger partial charge in [0, 0.05) is 89.6 Å². The number of allylic oxidation sites excluding steroid dienone is 2. The molecule has 4 rings (SSSR count). The molecule has 0 spiro atoms. The molecule has 2 fully saturated rings. The van der Waals surface area contributed by atoms with E-state index in [9.17, 15) is 44.1 Å². The summed E-state index contributed by atoms with van der Waals surface area (Å²) in [7, 11) is 0. The second-order valence-electron chi connectivity index (χ2n) is 18.2. The number of unbranched alkanes of at least 4 members (excludes halogenated alkanes) is 2. The van der Waals surface area contributed by atoms with Crippen LogP contribution in [0.2, 0.25) is 0 Å². The van der Waals surface area contributed by atoms with Crippen LogP contribution in [0.4, 0.5) is 4.79 Å². The summed E-state index contributed by atoms with van der Waals surface area (Å²) in [5.74, 6) is -2.42. The van der Waals surface area contributed by atoms with Crippen LogP contribution in [0, 0.1) is 11.8 Å². The number of aliphatic hydroxyl groups is 3. The molecule has 4 heterocycles. The van der Waals surface area contributed by atoms with Crippen LogP contribution in [-0.4, -0.2) is 159 Å². The van der Waals surface area contributed by atoms with Gasteiger partial charge in [0.2, 0.25) is 5.91 Å². The number of nitrogens with zero attached hydrogens (tertiary/aromatic N) is 3. The molecule has 0 aromatic heterocycles. The molecule has 0 saturated carbocycles. The molecule has 3 unspecified atom stereocenters. The molecule has 0 radical (unpaired) electrons. The maximum absolute atomic E-state index is 13.7. The number of ether oxygens (including phenoxy) is 4. The van der Waals surface area contributed by atoms with Gasteiger partial charge >= 0.3 is 18.0 Å². The number of hydrogen-bond donors (Lipinski definition) is 4. The van der Waals surface area contributed by atoms with Crippen molar-refractivity contribution in [3.8, 4) is 0 Å². The molecule has 17 nitrogen and oxygen atoms in total. The quantitative estimate of drug-likeness (QED) is 0.0277. The first kappa shape index (κ1) is 52.2. The van der Waals surface area contributed by atoms with Crippen LogP contribution in [0.5, 0.6) is 0 Å². The molecule has 0 aliphatic carbocycles. The number of piperazine rings is 1. The van der Waals surface area contributed by atoms with E-state index < -0.39 is 59.6 Å². The Labute approximate surface area is 377 Å². The Bertz CT molecular complexity index is 1740. The zero-order chi connectivity index (χ0) is 47.2. The van der Waals surface area contributed by atoms with E-state index >= 15 is 0 Å². The van der Waals surface area contributed by atoms with Crippen LogP contribution < -0.4 is 5.32 Å². The van der Waals surface area contributed by atoms with Crippen molar-refractivity contribution < 1.29 is 63.0 Å². The molecule has 10 atom stereocenters. The number of carbonyl (C=O) groups is 6. The maximum Gasteiger partial charge on any atom is 0.410 e. The minimum Gasteiger partial charge on any atom is -0.457 e. The van der Waals surface area contributed by atoms with Crippen molar-refractivity contribution in [2.75, 3.05) is 45.8 Å². The molecule has 0 aromatic carbocycles. The first-order valence-corrected chi connectivity index (χ1v) is 22.9. The van der Waals surface area contributed by atoms with E-state index in [0.717, 1.165) is 0 Å². The highest BCUT2D eigenvalue weighted by molar-refractivity contribution is 6.12. The number of carbonyl (C=O) groups excluding carboxylic acids is 6. The fraction of sp³-hybridized carbons (Fsp3) is 0.702. The summed E-state index contributed by atoms with van der Waals surface area (Å²) in [6.45, 7) is 15.2. The smallest absolute Gasteiger partial charge is 0.410 e. The lowest BCUT2D eigenvalue weighted by atomic mass is 9.88. The average molecular weight is 901 g/mol. The van der Waals surface area contributed by atoms with E-state index in [0.29, 0.717) is 89.9 Å². The fourth-order valence-electron chi connectivity index (χ4n) is 8.39. The fourth-order valence-corrected chi connectivity index (χ4v) is 8.39. The zero-order valence-electron chi connectivity index (χ0n) is 38.7. The number of nitrogens with one attached hydrogen (secondary N) is 1. The van der Waals surface area contributed by atoms with Gasteiger partial charge < -0.3 is 44.5 Å². The predicted molar refractivity (Wildman–Crippen MR) is 236 cm³/mol. The van der Waals surface area contributed by atoms with Crippen LogP contribution in [0.25, 0.3) is 0 Å². The van der Waals surface area contributed by atoms with Gasteiger partial charge in [-0.3, -0.25) is 33.8 Å². The summed E-state index contributed by atoms with van der Waals surface area (Å²) in [5.41, 5.74) is -1.95. The van der Waals surface area contributed by atoms with Crippen molar-refractivity contribution in [3.63, 3.8) is 0 Å². The molecule has 4 aliphatic rings. The minimum atomic E-state index is -1.39. The van der Waals surface area contributed by atoms with E-state index in [1.807, 2.05) is 20.8 Å². The van der Waals surface area contributed by atoms with E-state index in [2.05, 4.69) is 10.2 Å². The highest BCUT2D eigenvalue weighted by Gasteiger charge is 2.47. The topological polar surface area (TPSA) is 225 Å². The van der Waals surface area contributed by atoms with Gasteiger partial charge in [-0.2, -0.15) is 0 Å². The highest BCUT2D eigenvalue weighted by Crippen LogP contribution is 2.38. The van der Waals surface area contributed by atoms with E-state index in [1.165, 1.54) is 24.0 Å². The zero-order valence-corrected chi connectivity index (χ0v) is 38.7. The standard InChI is InChI=1S/C47H72N4O13/c1-8-36(54)33(4)44-37(61-44)30-46(6,60)20-12-13-31(2)43-32(3)15-16-38(47(7,64-34(5)52)21-19-35(53)29-42(58)63-43)62-45(59)50-27-25-49(26-28-50)24-22-48-39(55)14-10-9-11-23-51-40(56)17-18-41(51)57/h12-13,15-18,20,32-33,35-38,43-44,53-54,60H,8-11,14,19,21-30H2,1-7H3,(H,48,55)/b16-15+,20-12+,31-13+/t32-,33?,35+,36?,37+,38-,43+,44+,46?,47+/m0/s1. The van der Waals surface area contributed by atoms with Crippen molar-refractivity contribution >= 4 is 35.8 Å². The van der Waals surface area contributed by atoms with Crippen LogP contribution in [0.3, 0.4) is 0 Å². The average Bonchev–Trinajstić information content (AvgIpc) is 3.92. The number of imide groups is 1. The number of hydrogen-bond acceptors (Lipinski definition) is 14. The van der Waals surface area contributed by atoms with Crippen molar-refractivity contribution in [1.82, 2.24) is 20.0 Å². The van der Waals surface area contributed by atoms with Crippen molar-refractivity contribution in [2.45, 2.75) is 154 Å². The largest absolute Gasteiger partial charge is 0.457 e. The van der Waals surface area contributed by atoms with Gasteiger partial charge in [-0.25, -0.2) is 4.79 Å². The Hall–Kier alpha value is -4.42. The molecule has 2 saturated heterocycles. The molecule has 358 valence electrons. The molecule has 4 amide bonds. The summed E-state index contributed by atoms with van der Waals surface area (Å²) < 4.78 is 23.6. The number of esters is 2. The lowest BCUT2D eigenvalue weighted by Gasteiger charge is -2.39. The maximum atomic E-state index is 13.7. The van der Waals surface area contributed by atoms with E-state index in [4.69, 9.17) is 18.9 Å². The third kappa shape index (κ3) is 16.2. The van der Waals surface area contributed by atoms with Gasteiger partial charge in [0.25, 0.3) is 11.8 Å². The Kier molecular flexibility index (Phi) is 19.7. The molecule has 17 heteroatoms. The predicted octanol–water partition coefficient (Wildman–Crippen LogP) is 3.50. The summed E-state index contributed by atoms with van der Waals surface area (Å²) >= 11 is 0. The van der Waals surface area contributed by atoms with Gasteiger partial charge in [0.15, 0.2) is 6.10 Å². The summed E-state index contributed by atoms with van der Waals surface area (Å²) in [4.78, 5) is 80.0. The first-order chi connectivity index (χ1) is 30.2. The molecule has 0 aromatic rings. The van der Waals surface area contributed by atoms with Gasteiger partial charge in [-0.05, 0) is 64.5 Å². The first-order valence-electron chi connectivity index (χ1n) is 22.9. The third-order valence-electron chi connectivity index (χ3n) is 12.5. The number of aliphatic hydroxyl groups excluding tert-OH is 2. The van der Waals surface area contributed by atoms with E-state index in [-0.39, 0.29) is 55.1 Å². The normalized spacial score (nSPS) is 29.6. The number of epoxide rings is 1. The van der Waals surface area contributed by atoms with Crippen molar-refractivity contribution in [2.24, 2.45) is 11.8 Å². The highest BCUT2D eigenvalue weighted by atomic mass is 16.6. The SMILES string of the molecule is CCC(O)C(C)[C@H]1O[C@@H]1CC(C)(O)/C=C/C=C(\C)[C@H]1OC(=O)C[C@H](O)CC[C@@](C)(OC(C)=O)[C@@H](OC(=O)N2CCN(CCNC(=O)CCCCCN3C(=O)C=CC3=O)CC2)/C=C/[C@@H]1C. The molecule has 4 aliphatic heterocycles. The lowest BCUT2D eigenvalue weighted by molar-refractivity contribution is -0.168. The molecule has 64 heavy (non-hydrogen) atoms.